The quantitative estimate of drug-likeness (QED) is 0.458. The van der Waals surface area contributed by atoms with Crippen molar-refractivity contribution in [2.24, 2.45) is 0 Å². The van der Waals surface area contributed by atoms with Crippen molar-refractivity contribution in [1.29, 1.82) is 0 Å². The number of nitrogens with zero attached hydrogens (tertiary/aromatic N) is 1. The average Bonchev–Trinajstić information content (AvgIpc) is 3.04. The van der Waals surface area contributed by atoms with Crippen LogP contribution in [0.3, 0.4) is 0 Å². The predicted octanol–water partition coefficient (Wildman–Crippen LogP) is 5.97. The van der Waals surface area contributed by atoms with Crippen LogP contribution in [0.5, 0.6) is 0 Å². The fraction of sp³-hybridized carbons (Fsp3) is 0.188. The maximum Gasteiger partial charge on any atom is 0.416 e. The summed E-state index contributed by atoms with van der Waals surface area (Å²) in [5.74, 6) is -0.529. The summed E-state index contributed by atoms with van der Waals surface area (Å²) >= 11 is 10.8. The van der Waals surface area contributed by atoms with Gasteiger partial charge in [0.2, 0.25) is 0 Å². The van der Waals surface area contributed by atoms with Crippen molar-refractivity contribution < 1.29 is 22.7 Å². The van der Waals surface area contributed by atoms with Gasteiger partial charge in [-0.1, -0.05) is 23.7 Å². The molecule has 0 aliphatic carbocycles. The van der Waals surface area contributed by atoms with Gasteiger partial charge in [0, 0.05) is 6.54 Å². The number of carbonyl (C=O) groups is 1. The van der Waals surface area contributed by atoms with E-state index in [4.69, 9.17) is 16.3 Å². The second kappa shape index (κ2) is 6.66. The largest absolute Gasteiger partial charge is 0.464 e. The van der Waals surface area contributed by atoms with Gasteiger partial charge >= 0.3 is 12.1 Å². The van der Waals surface area contributed by atoms with Gasteiger partial charge in [-0.3, -0.25) is 0 Å². The molecule has 0 amide bonds. The maximum absolute atomic E-state index is 12.7. The van der Waals surface area contributed by atoms with Crippen LogP contribution in [0.4, 0.5) is 13.2 Å². The van der Waals surface area contributed by atoms with Gasteiger partial charge in [-0.25, -0.2) is 4.79 Å². The second-order valence-corrected chi connectivity index (χ2v) is 7.65. The first-order valence-electron chi connectivity index (χ1n) is 6.94. The van der Waals surface area contributed by atoms with Crippen LogP contribution in [-0.2, 0) is 17.5 Å². The third kappa shape index (κ3) is 3.43. The minimum Gasteiger partial charge on any atom is -0.464 e. The van der Waals surface area contributed by atoms with E-state index in [0.29, 0.717) is 25.6 Å². The van der Waals surface area contributed by atoms with E-state index < -0.39 is 17.7 Å². The molecular weight excluding hydrogens is 443 g/mol. The van der Waals surface area contributed by atoms with Gasteiger partial charge < -0.3 is 9.30 Å². The van der Waals surface area contributed by atoms with Crippen LogP contribution in [0.1, 0.15) is 21.6 Å². The number of aromatic nitrogens is 1. The highest BCUT2D eigenvalue weighted by molar-refractivity contribution is 9.10. The number of thiophene rings is 1. The number of benzene rings is 1. The highest BCUT2D eigenvalue weighted by atomic mass is 79.9. The maximum atomic E-state index is 12.7. The van der Waals surface area contributed by atoms with Crippen LogP contribution in [0, 0.1) is 0 Å². The lowest BCUT2D eigenvalue weighted by atomic mass is 10.1. The van der Waals surface area contributed by atoms with Crippen molar-refractivity contribution in [3.05, 3.63) is 56.0 Å². The predicted molar refractivity (Wildman–Crippen MR) is 94.4 cm³/mol. The van der Waals surface area contributed by atoms with E-state index in [0.717, 1.165) is 16.8 Å². The number of rotatable bonds is 3. The SMILES string of the molecule is COC(=O)c1cc2sc(Cl)c(Br)c2n1Cc1ccc(C(F)(F)F)cc1. The lowest BCUT2D eigenvalue weighted by molar-refractivity contribution is -0.137. The van der Waals surface area contributed by atoms with E-state index in [1.807, 2.05) is 0 Å². The molecule has 2 aromatic heterocycles. The highest BCUT2D eigenvalue weighted by Gasteiger charge is 2.30. The molecule has 0 aliphatic heterocycles. The molecule has 0 spiro atoms. The first-order chi connectivity index (χ1) is 11.7. The molecule has 9 heteroatoms. The molecule has 0 atom stereocenters. The topological polar surface area (TPSA) is 31.2 Å². The molecule has 0 N–H and O–H groups in total. The van der Waals surface area contributed by atoms with E-state index >= 15 is 0 Å². The van der Waals surface area contributed by atoms with Crippen molar-refractivity contribution in [1.82, 2.24) is 4.57 Å². The Labute approximate surface area is 158 Å². The van der Waals surface area contributed by atoms with Crippen molar-refractivity contribution >= 4 is 55.1 Å². The summed E-state index contributed by atoms with van der Waals surface area (Å²) in [4.78, 5) is 12.0. The average molecular weight is 453 g/mol. The summed E-state index contributed by atoms with van der Waals surface area (Å²) in [5, 5.41) is 0. The number of carbonyl (C=O) groups excluding carboxylic acids is 1. The molecule has 0 aliphatic rings. The number of alkyl halides is 3. The molecule has 3 nitrogen and oxygen atoms in total. The zero-order chi connectivity index (χ0) is 18.4. The van der Waals surface area contributed by atoms with Gasteiger partial charge in [0.1, 0.15) is 10.0 Å². The van der Waals surface area contributed by atoms with Gasteiger partial charge in [0.25, 0.3) is 0 Å². The normalized spacial score (nSPS) is 11.9. The number of ether oxygens (including phenoxy) is 1. The summed E-state index contributed by atoms with van der Waals surface area (Å²) in [6, 6.07) is 6.47. The van der Waals surface area contributed by atoms with Gasteiger partial charge in [-0.05, 0) is 39.7 Å². The van der Waals surface area contributed by atoms with E-state index in [1.165, 1.54) is 30.6 Å². The highest BCUT2D eigenvalue weighted by Crippen LogP contribution is 2.41. The van der Waals surface area contributed by atoms with E-state index in [9.17, 15) is 18.0 Å². The molecule has 0 unspecified atom stereocenters. The zero-order valence-electron chi connectivity index (χ0n) is 12.7. The first kappa shape index (κ1) is 18.3. The van der Waals surface area contributed by atoms with Crippen molar-refractivity contribution in [3.63, 3.8) is 0 Å². The molecule has 0 bridgehead atoms. The molecular formula is C16H10BrClF3NO2S. The Kier molecular flexibility index (Phi) is 4.87. The van der Waals surface area contributed by atoms with E-state index in [2.05, 4.69) is 15.9 Å². The molecule has 132 valence electrons. The first-order valence-corrected chi connectivity index (χ1v) is 8.92. The Hall–Kier alpha value is -1.51. The molecule has 0 fully saturated rings. The molecule has 0 radical (unpaired) electrons. The second-order valence-electron chi connectivity index (χ2n) is 5.20. The molecule has 2 heterocycles. The van der Waals surface area contributed by atoms with E-state index in [-0.39, 0.29) is 6.54 Å². The molecule has 3 aromatic rings. The summed E-state index contributed by atoms with van der Waals surface area (Å²) in [7, 11) is 1.27. The van der Waals surface area contributed by atoms with Crippen molar-refractivity contribution in [2.75, 3.05) is 7.11 Å². The number of fused-ring (bicyclic) bond motifs is 1. The Morgan fingerprint density at radius 1 is 1.32 bits per heavy atom. The number of esters is 1. The number of halogens is 5. The Bertz CT molecular complexity index is 947. The minimum atomic E-state index is -4.39. The lowest BCUT2D eigenvalue weighted by Crippen LogP contribution is -2.12. The molecule has 0 saturated heterocycles. The lowest BCUT2D eigenvalue weighted by Gasteiger charge is -2.11. The van der Waals surface area contributed by atoms with Crippen LogP contribution < -0.4 is 0 Å². The third-order valence-electron chi connectivity index (χ3n) is 3.66. The number of hydrogen-bond donors (Lipinski definition) is 0. The summed E-state index contributed by atoms with van der Waals surface area (Å²) in [5.41, 5.74) is 0.906. The van der Waals surface area contributed by atoms with E-state index in [1.54, 1.807) is 10.6 Å². The van der Waals surface area contributed by atoms with Crippen LogP contribution in [-0.4, -0.2) is 17.6 Å². The van der Waals surface area contributed by atoms with Crippen LogP contribution in [0.15, 0.2) is 34.8 Å². The standard InChI is InChI=1S/C16H10BrClF3NO2S/c1-24-15(23)10-6-11-13(12(17)14(18)25-11)22(10)7-8-2-4-9(5-3-8)16(19,20)21/h2-6H,7H2,1H3. The minimum absolute atomic E-state index is 0.206. The molecule has 1 aromatic carbocycles. The van der Waals surface area contributed by atoms with Crippen LogP contribution >= 0.6 is 38.9 Å². The fourth-order valence-corrected chi connectivity index (χ4v) is 4.48. The molecule has 25 heavy (non-hydrogen) atoms. The van der Waals surface area contributed by atoms with Gasteiger partial charge in [-0.2, -0.15) is 13.2 Å². The monoisotopic (exact) mass is 451 g/mol. The fourth-order valence-electron chi connectivity index (χ4n) is 2.48. The summed E-state index contributed by atoms with van der Waals surface area (Å²) in [6.45, 7) is 0.206. The summed E-state index contributed by atoms with van der Waals surface area (Å²) < 4.78 is 46.5. The number of hydrogen-bond acceptors (Lipinski definition) is 3. The number of methoxy groups -OCH3 is 1. The van der Waals surface area contributed by atoms with Crippen LogP contribution in [0.25, 0.3) is 10.2 Å². The van der Waals surface area contributed by atoms with Crippen LogP contribution in [0.2, 0.25) is 4.34 Å². The Morgan fingerprint density at radius 2 is 1.96 bits per heavy atom. The molecule has 0 saturated carbocycles. The molecule has 3 rings (SSSR count). The van der Waals surface area contributed by atoms with Gasteiger partial charge in [0.15, 0.2) is 0 Å². The Morgan fingerprint density at radius 3 is 2.52 bits per heavy atom. The van der Waals surface area contributed by atoms with Gasteiger partial charge in [0.05, 0.1) is 27.4 Å². The third-order valence-corrected chi connectivity index (χ3v) is 6.26. The van der Waals surface area contributed by atoms with Gasteiger partial charge in [-0.15, -0.1) is 11.3 Å². The van der Waals surface area contributed by atoms with Crippen molar-refractivity contribution in [3.8, 4) is 0 Å². The van der Waals surface area contributed by atoms with Crippen molar-refractivity contribution in [2.45, 2.75) is 12.7 Å². The Balaban J connectivity index is 2.06. The smallest absolute Gasteiger partial charge is 0.416 e. The zero-order valence-corrected chi connectivity index (χ0v) is 15.8. The summed E-state index contributed by atoms with van der Waals surface area (Å²) in [6.07, 6.45) is -4.39.